The summed E-state index contributed by atoms with van der Waals surface area (Å²) >= 11 is 1.76. The zero-order valence-electron chi connectivity index (χ0n) is 27.6. The zero-order valence-corrected chi connectivity index (χ0v) is 28.5. The van der Waals surface area contributed by atoms with Gasteiger partial charge in [0, 0.05) is 44.3 Å². The minimum Gasteiger partial charge on any atom is -0.310 e. The summed E-state index contributed by atoms with van der Waals surface area (Å²) in [5, 5.41) is 5.92. The van der Waals surface area contributed by atoms with Crippen LogP contribution in [0.3, 0.4) is 0 Å². The van der Waals surface area contributed by atoms with Crippen molar-refractivity contribution >= 4 is 71.2 Å². The minimum atomic E-state index is 1.03. The number of anilines is 3. The molecular formula is C47H31N3S. The normalized spacial score (nSPS) is 11.5. The van der Waals surface area contributed by atoms with E-state index in [1.165, 1.54) is 48.4 Å². The van der Waals surface area contributed by atoms with Crippen LogP contribution in [0.4, 0.5) is 17.1 Å². The van der Waals surface area contributed by atoms with Crippen LogP contribution >= 0.6 is 11.3 Å². The van der Waals surface area contributed by atoms with E-state index in [1.54, 1.807) is 11.3 Å². The molecule has 0 saturated heterocycles. The SMILES string of the molecule is c1ccc(-c2nc3cccc(-c4ccc(N(c5ccccc5)c5cc6ccccc6c6c5c5ccccc5n6-c5ccccc5)cc4)c3s2)cc1. The molecule has 10 aromatic rings. The van der Waals surface area contributed by atoms with Crippen LogP contribution in [0.2, 0.25) is 0 Å². The van der Waals surface area contributed by atoms with E-state index in [9.17, 15) is 0 Å². The zero-order chi connectivity index (χ0) is 33.7. The lowest BCUT2D eigenvalue weighted by Crippen LogP contribution is -2.10. The molecule has 10 rings (SSSR count). The molecule has 4 heteroatoms. The van der Waals surface area contributed by atoms with Crippen LogP contribution in [0.15, 0.2) is 188 Å². The van der Waals surface area contributed by atoms with E-state index >= 15 is 0 Å². The third-order valence-corrected chi connectivity index (χ3v) is 10.9. The second-order valence-corrected chi connectivity index (χ2v) is 13.8. The first-order valence-electron chi connectivity index (χ1n) is 17.2. The quantitative estimate of drug-likeness (QED) is 0.176. The van der Waals surface area contributed by atoms with Crippen molar-refractivity contribution in [3.05, 3.63) is 188 Å². The van der Waals surface area contributed by atoms with Gasteiger partial charge in [-0.3, -0.25) is 0 Å². The Balaban J connectivity index is 1.20. The highest BCUT2D eigenvalue weighted by Crippen LogP contribution is 2.47. The van der Waals surface area contributed by atoms with Gasteiger partial charge in [-0.05, 0) is 65.5 Å². The molecule has 0 saturated carbocycles. The predicted octanol–water partition coefficient (Wildman–Crippen LogP) is 13.4. The number of fused-ring (bicyclic) bond motifs is 6. The number of rotatable bonds is 6. The highest BCUT2D eigenvalue weighted by atomic mass is 32.1. The minimum absolute atomic E-state index is 1.03. The Hall–Kier alpha value is -6.49. The molecule has 3 nitrogen and oxygen atoms in total. The summed E-state index contributed by atoms with van der Waals surface area (Å²) in [7, 11) is 0. The summed E-state index contributed by atoms with van der Waals surface area (Å²) < 4.78 is 3.64. The van der Waals surface area contributed by atoms with Gasteiger partial charge in [-0.15, -0.1) is 11.3 Å². The molecular weight excluding hydrogens is 639 g/mol. The predicted molar refractivity (Wildman–Crippen MR) is 217 cm³/mol. The van der Waals surface area contributed by atoms with Gasteiger partial charge in [0.15, 0.2) is 0 Å². The highest BCUT2D eigenvalue weighted by Gasteiger charge is 2.23. The van der Waals surface area contributed by atoms with E-state index < -0.39 is 0 Å². The molecule has 0 spiro atoms. The number of aromatic nitrogens is 2. The Morgan fingerprint density at radius 2 is 1.16 bits per heavy atom. The second-order valence-electron chi connectivity index (χ2n) is 12.8. The first-order valence-corrected chi connectivity index (χ1v) is 18.0. The van der Waals surface area contributed by atoms with Gasteiger partial charge in [0.2, 0.25) is 0 Å². The van der Waals surface area contributed by atoms with E-state index in [0.29, 0.717) is 0 Å². The maximum absolute atomic E-state index is 5.01. The topological polar surface area (TPSA) is 21.1 Å². The van der Waals surface area contributed by atoms with Gasteiger partial charge in [-0.2, -0.15) is 0 Å². The maximum atomic E-state index is 5.01. The summed E-state index contributed by atoms with van der Waals surface area (Å²) in [5.74, 6) is 0. The Kier molecular flexibility index (Phi) is 7.00. The molecule has 0 atom stereocenters. The van der Waals surface area contributed by atoms with Crippen molar-refractivity contribution in [2.75, 3.05) is 4.90 Å². The van der Waals surface area contributed by atoms with Crippen LogP contribution < -0.4 is 4.90 Å². The van der Waals surface area contributed by atoms with E-state index in [4.69, 9.17) is 4.98 Å². The van der Waals surface area contributed by atoms with E-state index in [2.05, 4.69) is 191 Å². The van der Waals surface area contributed by atoms with Gasteiger partial charge in [0.25, 0.3) is 0 Å². The molecule has 0 aliphatic heterocycles. The first-order chi connectivity index (χ1) is 25.3. The number of hydrogen-bond donors (Lipinski definition) is 0. The Morgan fingerprint density at radius 1 is 0.510 bits per heavy atom. The first kappa shape index (κ1) is 29.4. The van der Waals surface area contributed by atoms with Crippen molar-refractivity contribution in [3.63, 3.8) is 0 Å². The van der Waals surface area contributed by atoms with Crippen molar-refractivity contribution in [3.8, 4) is 27.4 Å². The number of para-hydroxylation sites is 3. The fraction of sp³-hybridized carbons (Fsp3) is 0. The number of benzene rings is 8. The molecule has 0 fully saturated rings. The molecule has 0 bridgehead atoms. The fourth-order valence-electron chi connectivity index (χ4n) is 7.51. The average molecular weight is 670 g/mol. The number of nitrogens with zero attached hydrogens (tertiary/aromatic N) is 3. The van der Waals surface area contributed by atoms with E-state index in [-0.39, 0.29) is 0 Å². The lowest BCUT2D eigenvalue weighted by Gasteiger charge is -2.27. The molecule has 51 heavy (non-hydrogen) atoms. The molecule has 2 heterocycles. The molecule has 8 aromatic carbocycles. The lowest BCUT2D eigenvalue weighted by atomic mass is 10.0. The molecule has 0 radical (unpaired) electrons. The summed E-state index contributed by atoms with van der Waals surface area (Å²) in [6, 6.07) is 67.3. The molecule has 2 aromatic heterocycles. The van der Waals surface area contributed by atoms with Gasteiger partial charge >= 0.3 is 0 Å². The van der Waals surface area contributed by atoms with Gasteiger partial charge in [0.1, 0.15) is 5.01 Å². The van der Waals surface area contributed by atoms with Gasteiger partial charge in [-0.1, -0.05) is 133 Å². The Bertz CT molecular complexity index is 2840. The highest BCUT2D eigenvalue weighted by molar-refractivity contribution is 7.22. The molecule has 0 amide bonds. The van der Waals surface area contributed by atoms with Crippen LogP contribution in [0, 0.1) is 0 Å². The maximum Gasteiger partial charge on any atom is 0.124 e. The number of hydrogen-bond acceptors (Lipinski definition) is 3. The molecule has 0 unspecified atom stereocenters. The molecule has 0 aliphatic carbocycles. The van der Waals surface area contributed by atoms with Crippen LogP contribution in [0.25, 0.3) is 70.2 Å². The third kappa shape index (κ3) is 4.91. The monoisotopic (exact) mass is 669 g/mol. The van der Waals surface area contributed by atoms with Crippen LogP contribution in [0.5, 0.6) is 0 Å². The smallest absolute Gasteiger partial charge is 0.124 e. The van der Waals surface area contributed by atoms with Crippen molar-refractivity contribution in [1.82, 2.24) is 9.55 Å². The standard InChI is InChI=1S/C47H31N3S/c1-4-15-33(16-5-1)47-48-41-25-14-24-39(46(41)51-47)32-27-29-37(30-28-32)49(35-18-6-2-7-19-35)43-31-34-17-10-11-22-38(34)45-44(43)40-23-12-13-26-42(40)50(45)36-20-8-3-9-21-36/h1-31H. The van der Waals surface area contributed by atoms with Crippen LogP contribution in [-0.2, 0) is 0 Å². The third-order valence-electron chi connectivity index (χ3n) is 9.78. The summed E-state index contributed by atoms with van der Waals surface area (Å²) in [6.45, 7) is 0. The van der Waals surface area contributed by atoms with Gasteiger partial charge < -0.3 is 9.47 Å². The van der Waals surface area contributed by atoms with Crippen molar-refractivity contribution in [2.24, 2.45) is 0 Å². The largest absolute Gasteiger partial charge is 0.310 e. The summed E-state index contributed by atoms with van der Waals surface area (Å²) in [5.41, 5.74) is 11.4. The van der Waals surface area contributed by atoms with Gasteiger partial charge in [0.05, 0.1) is 26.9 Å². The summed E-state index contributed by atoms with van der Waals surface area (Å²) in [6.07, 6.45) is 0. The Labute approximate surface area is 299 Å². The molecule has 0 aliphatic rings. The van der Waals surface area contributed by atoms with Gasteiger partial charge in [-0.25, -0.2) is 4.98 Å². The van der Waals surface area contributed by atoms with E-state index in [0.717, 1.165) is 38.8 Å². The number of thiazole rings is 1. The van der Waals surface area contributed by atoms with Crippen molar-refractivity contribution in [1.29, 1.82) is 0 Å². The average Bonchev–Trinajstić information content (AvgIpc) is 3.80. The summed E-state index contributed by atoms with van der Waals surface area (Å²) in [4.78, 5) is 7.42. The van der Waals surface area contributed by atoms with Crippen LogP contribution in [-0.4, -0.2) is 9.55 Å². The van der Waals surface area contributed by atoms with Crippen LogP contribution in [0.1, 0.15) is 0 Å². The Morgan fingerprint density at radius 3 is 1.94 bits per heavy atom. The lowest BCUT2D eigenvalue weighted by molar-refractivity contribution is 1.19. The fourth-order valence-corrected chi connectivity index (χ4v) is 8.61. The molecule has 240 valence electrons. The second kappa shape index (κ2) is 12.1. The molecule has 0 N–H and O–H groups in total. The van der Waals surface area contributed by atoms with Crippen molar-refractivity contribution in [2.45, 2.75) is 0 Å². The van der Waals surface area contributed by atoms with Crippen molar-refractivity contribution < 1.29 is 0 Å². The van der Waals surface area contributed by atoms with E-state index in [1.807, 2.05) is 6.07 Å².